The maximum atomic E-state index is 12.7. The first kappa shape index (κ1) is 20.1. The van der Waals surface area contributed by atoms with Gasteiger partial charge in [0.25, 0.3) is 5.91 Å². The number of nitrogens with one attached hydrogen (secondary N) is 2. The van der Waals surface area contributed by atoms with Gasteiger partial charge >= 0.3 is 0 Å². The second-order valence-corrected chi connectivity index (χ2v) is 7.75. The van der Waals surface area contributed by atoms with Gasteiger partial charge in [0.05, 0.1) is 5.56 Å². The van der Waals surface area contributed by atoms with Crippen molar-refractivity contribution in [1.29, 1.82) is 0 Å². The Balaban J connectivity index is 1.31. The van der Waals surface area contributed by atoms with E-state index in [4.69, 9.17) is 0 Å². The highest BCUT2D eigenvalue weighted by Gasteiger charge is 2.21. The van der Waals surface area contributed by atoms with Crippen molar-refractivity contribution in [3.8, 4) is 0 Å². The van der Waals surface area contributed by atoms with E-state index in [1.54, 1.807) is 6.20 Å². The molecule has 1 aliphatic heterocycles. The zero-order valence-electron chi connectivity index (χ0n) is 17.1. The molecule has 0 atom stereocenters. The fraction of sp³-hybridized carbons (Fsp3) is 0.280. The molecule has 0 bridgehead atoms. The number of benzene rings is 2. The molecule has 1 aliphatic rings. The van der Waals surface area contributed by atoms with E-state index >= 15 is 0 Å². The molecule has 5 heteroatoms. The Labute approximate surface area is 178 Å². The van der Waals surface area contributed by atoms with Crippen LogP contribution in [0.5, 0.6) is 0 Å². The molecule has 2 aromatic carbocycles. The quantitative estimate of drug-likeness (QED) is 0.627. The molecule has 1 amide bonds. The molecule has 2 N–H and O–H groups in total. The maximum Gasteiger partial charge on any atom is 0.255 e. The Morgan fingerprint density at radius 3 is 2.27 bits per heavy atom. The van der Waals surface area contributed by atoms with E-state index in [-0.39, 0.29) is 5.91 Å². The Kier molecular flexibility index (Phi) is 6.72. The van der Waals surface area contributed by atoms with Gasteiger partial charge in [-0.05, 0) is 36.1 Å². The number of rotatable bonds is 7. The standard InChI is InChI=1S/C25H28N4O/c30-25(27-18-20-8-3-1-4-9-20)23-12-7-15-26-24(23)28-22-13-16-29(17-14-22)19-21-10-5-2-6-11-21/h1-12,15,22H,13-14,16-19H2,(H,26,28)(H,27,30). The molecule has 1 aromatic heterocycles. The summed E-state index contributed by atoms with van der Waals surface area (Å²) in [5.41, 5.74) is 3.03. The van der Waals surface area contributed by atoms with Crippen molar-refractivity contribution in [2.75, 3.05) is 18.4 Å². The van der Waals surface area contributed by atoms with Gasteiger partial charge in [-0.3, -0.25) is 9.69 Å². The van der Waals surface area contributed by atoms with E-state index in [1.807, 2.05) is 42.5 Å². The smallest absolute Gasteiger partial charge is 0.255 e. The molecular weight excluding hydrogens is 372 g/mol. The van der Waals surface area contributed by atoms with Crippen LogP contribution in [-0.4, -0.2) is 34.9 Å². The number of hydrogen-bond acceptors (Lipinski definition) is 4. The fourth-order valence-electron chi connectivity index (χ4n) is 3.85. The topological polar surface area (TPSA) is 57.3 Å². The van der Waals surface area contributed by atoms with E-state index < -0.39 is 0 Å². The summed E-state index contributed by atoms with van der Waals surface area (Å²) in [5, 5.41) is 6.51. The average Bonchev–Trinajstić information content (AvgIpc) is 2.80. The predicted octanol–water partition coefficient (Wildman–Crippen LogP) is 4.09. The number of aromatic nitrogens is 1. The minimum absolute atomic E-state index is 0.101. The molecule has 30 heavy (non-hydrogen) atoms. The van der Waals surface area contributed by atoms with Crippen LogP contribution in [0.25, 0.3) is 0 Å². The molecule has 0 aliphatic carbocycles. The molecule has 2 heterocycles. The number of carbonyl (C=O) groups excluding carboxylic acids is 1. The van der Waals surface area contributed by atoms with Gasteiger partial charge in [0.1, 0.15) is 5.82 Å². The predicted molar refractivity (Wildman–Crippen MR) is 120 cm³/mol. The fourth-order valence-corrected chi connectivity index (χ4v) is 3.85. The van der Waals surface area contributed by atoms with Gasteiger partial charge in [-0.15, -0.1) is 0 Å². The van der Waals surface area contributed by atoms with Gasteiger partial charge in [0.15, 0.2) is 0 Å². The number of pyridine rings is 1. The summed E-state index contributed by atoms with van der Waals surface area (Å²) < 4.78 is 0. The number of hydrogen-bond donors (Lipinski definition) is 2. The average molecular weight is 401 g/mol. The number of piperidine rings is 1. The molecule has 1 saturated heterocycles. The summed E-state index contributed by atoms with van der Waals surface area (Å²) >= 11 is 0. The third-order valence-corrected chi connectivity index (χ3v) is 5.53. The number of anilines is 1. The lowest BCUT2D eigenvalue weighted by Gasteiger charge is -2.32. The van der Waals surface area contributed by atoms with Gasteiger partial charge < -0.3 is 10.6 Å². The maximum absolute atomic E-state index is 12.7. The Morgan fingerprint density at radius 1 is 0.900 bits per heavy atom. The number of carbonyl (C=O) groups is 1. The van der Waals surface area contributed by atoms with Gasteiger partial charge in [-0.1, -0.05) is 60.7 Å². The first-order valence-electron chi connectivity index (χ1n) is 10.6. The number of amides is 1. The van der Waals surface area contributed by atoms with Crippen LogP contribution < -0.4 is 10.6 Å². The molecule has 0 radical (unpaired) electrons. The van der Waals surface area contributed by atoms with Crippen molar-refractivity contribution in [3.63, 3.8) is 0 Å². The highest BCUT2D eigenvalue weighted by atomic mass is 16.1. The van der Waals surface area contributed by atoms with Crippen LogP contribution in [0.4, 0.5) is 5.82 Å². The minimum Gasteiger partial charge on any atom is -0.367 e. The lowest BCUT2D eigenvalue weighted by Crippen LogP contribution is -2.39. The van der Waals surface area contributed by atoms with Crippen molar-refractivity contribution in [3.05, 3.63) is 95.7 Å². The van der Waals surface area contributed by atoms with E-state index in [0.717, 1.165) is 38.0 Å². The number of likely N-dealkylation sites (tertiary alicyclic amines) is 1. The zero-order valence-corrected chi connectivity index (χ0v) is 17.1. The third-order valence-electron chi connectivity index (χ3n) is 5.53. The summed E-state index contributed by atoms with van der Waals surface area (Å²) in [6.45, 7) is 3.57. The zero-order chi connectivity index (χ0) is 20.6. The molecular formula is C25H28N4O. The van der Waals surface area contributed by atoms with Gasteiger partial charge in [-0.2, -0.15) is 0 Å². The van der Waals surface area contributed by atoms with Crippen LogP contribution >= 0.6 is 0 Å². The van der Waals surface area contributed by atoms with Gasteiger partial charge in [0, 0.05) is 38.4 Å². The molecule has 1 fully saturated rings. The van der Waals surface area contributed by atoms with Crippen molar-refractivity contribution in [1.82, 2.24) is 15.2 Å². The Hall–Kier alpha value is -3.18. The second-order valence-electron chi connectivity index (χ2n) is 7.75. The van der Waals surface area contributed by atoms with E-state index in [1.165, 1.54) is 5.56 Å². The lowest BCUT2D eigenvalue weighted by molar-refractivity contribution is 0.0951. The van der Waals surface area contributed by atoms with Crippen molar-refractivity contribution < 1.29 is 4.79 Å². The normalized spacial score (nSPS) is 14.9. The van der Waals surface area contributed by atoms with Crippen molar-refractivity contribution in [2.45, 2.75) is 32.0 Å². The monoisotopic (exact) mass is 400 g/mol. The van der Waals surface area contributed by atoms with Gasteiger partial charge in [-0.25, -0.2) is 4.98 Å². The molecule has 154 valence electrons. The molecule has 0 unspecified atom stereocenters. The van der Waals surface area contributed by atoms with Crippen LogP contribution in [0.2, 0.25) is 0 Å². The van der Waals surface area contributed by atoms with Crippen LogP contribution in [-0.2, 0) is 13.1 Å². The summed E-state index contributed by atoms with van der Waals surface area (Å²) in [6, 6.07) is 24.5. The molecule has 5 nitrogen and oxygen atoms in total. The van der Waals surface area contributed by atoms with Crippen LogP contribution in [0.1, 0.15) is 34.3 Å². The minimum atomic E-state index is -0.101. The summed E-state index contributed by atoms with van der Waals surface area (Å²) in [6.07, 6.45) is 3.81. The number of nitrogens with zero attached hydrogens (tertiary/aromatic N) is 2. The highest BCUT2D eigenvalue weighted by molar-refractivity contribution is 5.98. The first-order valence-corrected chi connectivity index (χ1v) is 10.6. The summed E-state index contributed by atoms with van der Waals surface area (Å²) in [4.78, 5) is 19.7. The van der Waals surface area contributed by atoms with E-state index in [9.17, 15) is 4.79 Å². The molecule has 0 spiro atoms. The first-order chi connectivity index (χ1) is 14.8. The van der Waals surface area contributed by atoms with Crippen LogP contribution in [0, 0.1) is 0 Å². The van der Waals surface area contributed by atoms with E-state index in [0.29, 0.717) is 24.0 Å². The van der Waals surface area contributed by atoms with Crippen molar-refractivity contribution >= 4 is 11.7 Å². The van der Waals surface area contributed by atoms with Gasteiger partial charge in [0.2, 0.25) is 0 Å². The Morgan fingerprint density at radius 2 is 1.57 bits per heavy atom. The molecule has 4 rings (SSSR count). The molecule has 0 saturated carbocycles. The van der Waals surface area contributed by atoms with Crippen molar-refractivity contribution in [2.24, 2.45) is 0 Å². The SMILES string of the molecule is O=C(NCc1ccccc1)c1cccnc1NC1CCN(Cc2ccccc2)CC1. The highest BCUT2D eigenvalue weighted by Crippen LogP contribution is 2.19. The van der Waals surface area contributed by atoms with Crippen LogP contribution in [0.15, 0.2) is 79.0 Å². The lowest BCUT2D eigenvalue weighted by atomic mass is 10.0. The largest absolute Gasteiger partial charge is 0.367 e. The second kappa shape index (κ2) is 10.0. The Bertz CT molecular complexity index is 938. The molecule has 3 aromatic rings. The third kappa shape index (κ3) is 5.45. The summed E-state index contributed by atoms with van der Waals surface area (Å²) in [5.74, 6) is 0.570. The van der Waals surface area contributed by atoms with E-state index in [2.05, 4.69) is 50.8 Å². The summed E-state index contributed by atoms with van der Waals surface area (Å²) in [7, 11) is 0. The van der Waals surface area contributed by atoms with Crippen LogP contribution in [0.3, 0.4) is 0 Å².